The molecule has 2 heterocycles. The predicted molar refractivity (Wildman–Crippen MR) is 69.0 cm³/mol. The van der Waals surface area contributed by atoms with E-state index in [0.29, 0.717) is 6.54 Å². The lowest BCUT2D eigenvalue weighted by atomic mass is 10.0. The van der Waals surface area contributed by atoms with Gasteiger partial charge in [-0.05, 0) is 13.5 Å². The van der Waals surface area contributed by atoms with E-state index >= 15 is 0 Å². The number of aryl methyl sites for hydroxylation is 1. The molecule has 0 atom stereocenters. The molecular formula is C12H21N5. The summed E-state index contributed by atoms with van der Waals surface area (Å²) in [6.45, 7) is 8.74. The summed E-state index contributed by atoms with van der Waals surface area (Å²) in [6, 6.07) is 0. The van der Waals surface area contributed by atoms with E-state index in [1.165, 1.54) is 11.3 Å². The summed E-state index contributed by atoms with van der Waals surface area (Å²) in [6.07, 6.45) is 1.02. The first kappa shape index (κ1) is 12.3. The molecule has 0 bridgehead atoms. The third-order valence-corrected chi connectivity index (χ3v) is 3.22. The zero-order chi connectivity index (χ0) is 12.3. The maximum Gasteiger partial charge on any atom is 0.223 e. The van der Waals surface area contributed by atoms with Crippen LogP contribution < -0.4 is 11.1 Å². The minimum Gasteiger partial charge on any atom is -0.353 e. The van der Waals surface area contributed by atoms with E-state index in [2.05, 4.69) is 34.0 Å². The van der Waals surface area contributed by atoms with Crippen molar-refractivity contribution in [2.75, 3.05) is 31.5 Å². The fraction of sp³-hybridized carbons (Fsp3) is 0.667. The van der Waals surface area contributed by atoms with E-state index in [1.54, 1.807) is 0 Å². The lowest BCUT2D eigenvalue weighted by molar-refractivity contribution is 0.264. The van der Waals surface area contributed by atoms with Gasteiger partial charge in [-0.1, -0.05) is 6.92 Å². The third-order valence-electron chi connectivity index (χ3n) is 3.22. The minimum atomic E-state index is 0.600. The highest BCUT2D eigenvalue weighted by Crippen LogP contribution is 2.20. The number of likely N-dealkylation sites (N-methyl/N-ethyl adjacent to an activating group) is 1. The Bertz CT molecular complexity index is 391. The molecule has 1 aromatic rings. The Hall–Kier alpha value is -1.20. The van der Waals surface area contributed by atoms with Crippen LogP contribution in [0.15, 0.2) is 0 Å². The Morgan fingerprint density at radius 3 is 2.94 bits per heavy atom. The van der Waals surface area contributed by atoms with E-state index < -0.39 is 0 Å². The molecule has 0 spiro atoms. The van der Waals surface area contributed by atoms with Crippen LogP contribution in [-0.4, -0.2) is 41.0 Å². The Morgan fingerprint density at radius 2 is 2.24 bits per heavy atom. The van der Waals surface area contributed by atoms with Crippen LogP contribution in [0.3, 0.4) is 0 Å². The number of nitrogens with two attached hydrogens (primary N) is 1. The summed E-state index contributed by atoms with van der Waals surface area (Å²) in [4.78, 5) is 11.5. The van der Waals surface area contributed by atoms with Crippen LogP contribution in [0, 0.1) is 6.92 Å². The van der Waals surface area contributed by atoms with Gasteiger partial charge < -0.3 is 11.1 Å². The van der Waals surface area contributed by atoms with Gasteiger partial charge in [0.05, 0.1) is 5.69 Å². The Labute approximate surface area is 102 Å². The van der Waals surface area contributed by atoms with Crippen LogP contribution >= 0.6 is 0 Å². The van der Waals surface area contributed by atoms with Gasteiger partial charge in [0, 0.05) is 43.9 Å². The van der Waals surface area contributed by atoms with Gasteiger partial charge in [-0.25, -0.2) is 9.97 Å². The Morgan fingerprint density at radius 1 is 1.41 bits per heavy atom. The van der Waals surface area contributed by atoms with Gasteiger partial charge in [0.25, 0.3) is 0 Å². The fourth-order valence-electron chi connectivity index (χ4n) is 2.17. The second-order valence-electron chi connectivity index (χ2n) is 4.39. The quantitative estimate of drug-likeness (QED) is 0.797. The zero-order valence-electron chi connectivity index (χ0n) is 10.7. The monoisotopic (exact) mass is 235 g/mol. The summed E-state index contributed by atoms with van der Waals surface area (Å²) in [5.74, 6) is 0.719. The van der Waals surface area contributed by atoms with Crippen molar-refractivity contribution in [3.05, 3.63) is 17.0 Å². The number of hydrogen-bond donors (Lipinski definition) is 2. The van der Waals surface area contributed by atoms with Crippen LogP contribution in [0.5, 0.6) is 0 Å². The van der Waals surface area contributed by atoms with Crippen molar-refractivity contribution < 1.29 is 0 Å². The number of aromatic nitrogens is 2. The molecule has 0 saturated carbocycles. The van der Waals surface area contributed by atoms with Gasteiger partial charge in [0.1, 0.15) is 0 Å². The number of anilines is 1. The van der Waals surface area contributed by atoms with E-state index in [9.17, 15) is 0 Å². The molecule has 1 aromatic heterocycles. The topological polar surface area (TPSA) is 67.1 Å². The van der Waals surface area contributed by atoms with Crippen molar-refractivity contribution in [3.8, 4) is 0 Å². The van der Waals surface area contributed by atoms with E-state index in [-0.39, 0.29) is 0 Å². The van der Waals surface area contributed by atoms with Crippen molar-refractivity contribution in [3.63, 3.8) is 0 Å². The second kappa shape index (κ2) is 5.42. The molecule has 1 aliphatic rings. The number of nitrogens with one attached hydrogen (secondary N) is 1. The van der Waals surface area contributed by atoms with Crippen molar-refractivity contribution >= 4 is 5.95 Å². The molecule has 17 heavy (non-hydrogen) atoms. The van der Waals surface area contributed by atoms with Crippen molar-refractivity contribution in [2.45, 2.75) is 26.8 Å². The molecule has 0 radical (unpaired) electrons. The van der Waals surface area contributed by atoms with Gasteiger partial charge in [-0.2, -0.15) is 0 Å². The van der Waals surface area contributed by atoms with Gasteiger partial charge in [-0.15, -0.1) is 0 Å². The first-order chi connectivity index (χ1) is 8.24. The van der Waals surface area contributed by atoms with Gasteiger partial charge >= 0.3 is 0 Å². The summed E-state index contributed by atoms with van der Waals surface area (Å²) in [7, 11) is 0. The van der Waals surface area contributed by atoms with Crippen molar-refractivity contribution in [1.29, 1.82) is 0 Å². The molecule has 94 valence electrons. The summed E-state index contributed by atoms with van der Waals surface area (Å²) < 4.78 is 0. The molecule has 0 aromatic carbocycles. The van der Waals surface area contributed by atoms with Crippen molar-refractivity contribution in [1.82, 2.24) is 14.9 Å². The van der Waals surface area contributed by atoms with Gasteiger partial charge in [0.2, 0.25) is 5.95 Å². The molecule has 0 unspecified atom stereocenters. The summed E-state index contributed by atoms with van der Waals surface area (Å²) in [5.41, 5.74) is 9.05. The molecule has 1 aliphatic heterocycles. The molecule has 2 rings (SSSR count). The molecular weight excluding hydrogens is 214 g/mol. The van der Waals surface area contributed by atoms with Gasteiger partial charge in [0.15, 0.2) is 0 Å². The lowest BCUT2D eigenvalue weighted by Crippen LogP contribution is -2.32. The molecule has 5 heteroatoms. The normalized spacial score (nSPS) is 15.7. The molecule has 3 N–H and O–H groups in total. The van der Waals surface area contributed by atoms with Crippen LogP contribution in [0.1, 0.15) is 23.9 Å². The third kappa shape index (κ3) is 2.73. The highest BCUT2D eigenvalue weighted by molar-refractivity contribution is 5.35. The maximum absolute atomic E-state index is 5.46. The molecule has 0 amide bonds. The van der Waals surface area contributed by atoms with Crippen molar-refractivity contribution in [2.24, 2.45) is 5.73 Å². The first-order valence-corrected chi connectivity index (χ1v) is 6.27. The zero-order valence-corrected chi connectivity index (χ0v) is 10.7. The van der Waals surface area contributed by atoms with Crippen LogP contribution in [-0.2, 0) is 13.0 Å². The Kier molecular flexibility index (Phi) is 3.91. The molecule has 0 aliphatic carbocycles. The Balaban J connectivity index is 2.20. The maximum atomic E-state index is 5.46. The van der Waals surface area contributed by atoms with E-state index in [1.807, 2.05) is 0 Å². The minimum absolute atomic E-state index is 0.600. The van der Waals surface area contributed by atoms with Crippen LogP contribution in [0.25, 0.3) is 0 Å². The predicted octanol–water partition coefficient (Wildman–Crippen LogP) is 0.534. The first-order valence-electron chi connectivity index (χ1n) is 6.27. The van der Waals surface area contributed by atoms with Crippen LogP contribution in [0.4, 0.5) is 5.95 Å². The SMILES string of the molecule is CCN1CCc2nc(NCCN)nc(C)c2C1. The average Bonchev–Trinajstić information content (AvgIpc) is 2.36. The number of nitrogens with zero attached hydrogens (tertiary/aromatic N) is 3. The van der Waals surface area contributed by atoms with E-state index in [0.717, 1.165) is 44.2 Å². The number of rotatable bonds is 4. The number of hydrogen-bond acceptors (Lipinski definition) is 5. The lowest BCUT2D eigenvalue weighted by Gasteiger charge is -2.27. The average molecular weight is 235 g/mol. The largest absolute Gasteiger partial charge is 0.353 e. The fourth-order valence-corrected chi connectivity index (χ4v) is 2.17. The molecule has 5 nitrogen and oxygen atoms in total. The molecule has 0 saturated heterocycles. The highest BCUT2D eigenvalue weighted by Gasteiger charge is 2.19. The standard InChI is InChI=1S/C12H21N5/c1-3-17-7-4-11-10(8-17)9(2)15-12(16-11)14-6-5-13/h3-8,13H2,1-2H3,(H,14,15,16). The van der Waals surface area contributed by atoms with Gasteiger partial charge in [-0.3, -0.25) is 4.90 Å². The smallest absolute Gasteiger partial charge is 0.223 e. The van der Waals surface area contributed by atoms with E-state index in [4.69, 9.17) is 5.73 Å². The van der Waals surface area contributed by atoms with Crippen LogP contribution in [0.2, 0.25) is 0 Å². The second-order valence-corrected chi connectivity index (χ2v) is 4.39. The summed E-state index contributed by atoms with van der Waals surface area (Å²) >= 11 is 0. The highest BCUT2D eigenvalue weighted by atomic mass is 15.2. The summed E-state index contributed by atoms with van der Waals surface area (Å²) in [5, 5.41) is 3.15. The molecule has 0 fully saturated rings. The number of fused-ring (bicyclic) bond motifs is 1.